The Morgan fingerprint density at radius 2 is 1.93 bits per heavy atom. The van der Waals surface area contributed by atoms with Crippen LogP contribution in [0.3, 0.4) is 0 Å². The number of thioether (sulfide) groups is 1. The molecule has 1 saturated heterocycles. The van der Waals surface area contributed by atoms with Gasteiger partial charge in [-0.3, -0.25) is 18.7 Å². The maximum absolute atomic E-state index is 12.4. The fourth-order valence-electron chi connectivity index (χ4n) is 2.71. The van der Waals surface area contributed by atoms with E-state index >= 15 is 0 Å². The molecule has 1 aromatic heterocycles. The van der Waals surface area contributed by atoms with E-state index in [0.717, 1.165) is 32.1 Å². The number of carbonyl (C=O) groups excluding carboxylic acids is 1. The highest BCUT2D eigenvalue weighted by Gasteiger charge is 2.16. The van der Waals surface area contributed by atoms with Crippen LogP contribution in [0.25, 0.3) is 0 Å². The number of nitrogens with one attached hydrogen (secondary N) is 1. The molecule has 1 aliphatic heterocycles. The third-order valence-corrected chi connectivity index (χ3v) is 6.10. The molecule has 0 radical (unpaired) electrons. The molecule has 11 heteroatoms. The van der Waals surface area contributed by atoms with E-state index in [9.17, 15) is 14.7 Å². The van der Waals surface area contributed by atoms with E-state index in [-0.39, 0.29) is 27.9 Å². The fraction of sp³-hybridized carbons (Fsp3) is 0.562. The molecule has 2 N–H and O–H groups in total. The Labute approximate surface area is 172 Å². The molecule has 27 heavy (non-hydrogen) atoms. The van der Waals surface area contributed by atoms with Crippen LogP contribution in [0.2, 0.25) is 0 Å². The lowest BCUT2D eigenvalue weighted by Crippen LogP contribution is -2.29. The zero-order valence-electron chi connectivity index (χ0n) is 15.3. The molecule has 1 aliphatic rings. The molecular formula is C16H23N5O3S3. The second-order valence-corrected chi connectivity index (χ2v) is 7.83. The lowest BCUT2D eigenvalue weighted by molar-refractivity contribution is -0.118. The van der Waals surface area contributed by atoms with Gasteiger partial charge in [0.05, 0.1) is 12.0 Å². The molecule has 8 nitrogen and oxygen atoms in total. The zero-order chi connectivity index (χ0) is 20.0. The summed E-state index contributed by atoms with van der Waals surface area (Å²) in [5.41, 5.74) is 1.89. The Morgan fingerprint density at radius 3 is 2.52 bits per heavy atom. The Morgan fingerprint density at radius 1 is 1.30 bits per heavy atom. The summed E-state index contributed by atoms with van der Waals surface area (Å²) in [7, 11) is 0. The van der Waals surface area contributed by atoms with Gasteiger partial charge < -0.3 is 10.0 Å². The van der Waals surface area contributed by atoms with E-state index in [1.54, 1.807) is 6.92 Å². The minimum Gasteiger partial charge on any atom is -0.494 e. The summed E-state index contributed by atoms with van der Waals surface area (Å²) in [6, 6.07) is 0. The van der Waals surface area contributed by atoms with Gasteiger partial charge in [-0.25, -0.2) is 5.43 Å². The van der Waals surface area contributed by atoms with E-state index < -0.39 is 5.56 Å². The van der Waals surface area contributed by atoms with E-state index in [4.69, 9.17) is 24.4 Å². The van der Waals surface area contributed by atoms with Crippen molar-refractivity contribution in [2.24, 2.45) is 5.10 Å². The van der Waals surface area contributed by atoms with Crippen molar-refractivity contribution in [3.63, 3.8) is 0 Å². The second kappa shape index (κ2) is 10.00. The predicted octanol–water partition coefficient (Wildman–Crippen LogP) is 1.69. The summed E-state index contributed by atoms with van der Waals surface area (Å²) in [5.74, 6) is -0.464. The molecular weight excluding hydrogens is 406 g/mol. The highest BCUT2D eigenvalue weighted by Crippen LogP contribution is 2.16. The quantitative estimate of drug-likeness (QED) is 0.404. The van der Waals surface area contributed by atoms with Crippen molar-refractivity contribution in [1.29, 1.82) is 0 Å². The van der Waals surface area contributed by atoms with Crippen LogP contribution >= 0.6 is 36.2 Å². The van der Waals surface area contributed by atoms with Gasteiger partial charge in [-0.15, -0.1) is 0 Å². The molecule has 2 heterocycles. The van der Waals surface area contributed by atoms with Gasteiger partial charge in [0, 0.05) is 26.2 Å². The molecule has 1 aromatic rings. The van der Waals surface area contributed by atoms with Crippen molar-refractivity contribution in [2.75, 3.05) is 18.8 Å². The number of aromatic nitrogens is 2. The minimum absolute atomic E-state index is 0.0205. The van der Waals surface area contributed by atoms with Gasteiger partial charge in [0.2, 0.25) is 5.88 Å². The molecule has 0 aromatic carbocycles. The van der Waals surface area contributed by atoms with Gasteiger partial charge in [0.25, 0.3) is 11.5 Å². The highest BCUT2D eigenvalue weighted by atomic mass is 32.2. The normalized spacial score (nSPS) is 14.1. The average Bonchev–Trinajstić information content (AvgIpc) is 3.18. The van der Waals surface area contributed by atoms with Gasteiger partial charge >= 0.3 is 0 Å². The maximum Gasteiger partial charge on any atom is 0.267 e. The van der Waals surface area contributed by atoms with Crippen molar-refractivity contribution < 1.29 is 9.90 Å². The topological polar surface area (TPSA) is 91.9 Å². The van der Waals surface area contributed by atoms with Gasteiger partial charge in [0.1, 0.15) is 9.88 Å². The maximum atomic E-state index is 12.4. The number of nitrogens with zero attached hydrogens (tertiary/aromatic N) is 4. The first-order valence-electron chi connectivity index (χ1n) is 8.70. The summed E-state index contributed by atoms with van der Waals surface area (Å²) >= 11 is 11.8. The van der Waals surface area contributed by atoms with E-state index in [1.165, 1.54) is 20.9 Å². The van der Waals surface area contributed by atoms with Crippen molar-refractivity contribution >= 4 is 52.6 Å². The highest BCUT2D eigenvalue weighted by molar-refractivity contribution is 8.23. The number of likely N-dealkylation sites (tertiary alicyclic amines) is 1. The third kappa shape index (κ3) is 5.17. The van der Waals surface area contributed by atoms with Crippen molar-refractivity contribution in [3.8, 4) is 5.88 Å². The molecule has 0 unspecified atom stereocenters. The first kappa shape index (κ1) is 21.6. The zero-order valence-corrected chi connectivity index (χ0v) is 17.8. The molecule has 0 spiro atoms. The summed E-state index contributed by atoms with van der Waals surface area (Å²) in [4.78, 5) is 26.5. The number of hydrogen-bond donors (Lipinski definition) is 2. The average molecular weight is 430 g/mol. The summed E-state index contributed by atoms with van der Waals surface area (Å²) in [6.45, 7) is 6.24. The lowest BCUT2D eigenvalue weighted by atomic mass is 10.3. The Kier molecular flexibility index (Phi) is 7.99. The third-order valence-electron chi connectivity index (χ3n) is 4.14. The second-order valence-electron chi connectivity index (χ2n) is 5.86. The number of hydrazone groups is 1. The number of thiocarbonyl (C=S) groups is 1. The first-order chi connectivity index (χ1) is 12.9. The van der Waals surface area contributed by atoms with Crippen LogP contribution in [0.1, 0.15) is 32.3 Å². The summed E-state index contributed by atoms with van der Waals surface area (Å²) < 4.78 is 3.76. The Hall–Kier alpha value is -1.72. The molecule has 0 saturated carbocycles. The summed E-state index contributed by atoms with van der Waals surface area (Å²) in [5, 5.41) is 14.1. The van der Waals surface area contributed by atoms with Crippen LogP contribution in [0.4, 0.5) is 0 Å². The SMILES string of the molecule is CCn1c(O)c(/C=N\NC(=O)CSC(=S)N2CCCC2)c(=O)n(CC)c1=S. The predicted molar refractivity (Wildman–Crippen MR) is 114 cm³/mol. The van der Waals surface area contributed by atoms with Crippen molar-refractivity contribution in [1.82, 2.24) is 19.5 Å². The van der Waals surface area contributed by atoms with E-state index in [2.05, 4.69) is 15.4 Å². The van der Waals surface area contributed by atoms with Crippen LogP contribution < -0.4 is 11.0 Å². The van der Waals surface area contributed by atoms with Crippen LogP contribution in [-0.2, 0) is 17.9 Å². The largest absolute Gasteiger partial charge is 0.494 e. The van der Waals surface area contributed by atoms with Gasteiger partial charge in [0.15, 0.2) is 4.77 Å². The first-order valence-corrected chi connectivity index (χ1v) is 10.5. The number of hydrogen-bond acceptors (Lipinski definition) is 7. The van der Waals surface area contributed by atoms with Crippen molar-refractivity contribution in [3.05, 3.63) is 20.7 Å². The van der Waals surface area contributed by atoms with Gasteiger partial charge in [-0.1, -0.05) is 24.0 Å². The minimum atomic E-state index is -0.452. The fourth-order valence-corrected chi connectivity index (χ4v) is 4.18. The molecule has 0 bridgehead atoms. The Balaban J connectivity index is 2.03. The van der Waals surface area contributed by atoms with Crippen LogP contribution in [0.5, 0.6) is 5.88 Å². The standard InChI is InChI=1S/C16H23N5O3S3/c1-3-20-13(23)11(14(24)21(4-2)15(20)25)9-17-18-12(22)10-27-16(26)19-7-5-6-8-19/h9,23H,3-8,10H2,1-2H3,(H,18,22)/b17-9-. The number of aromatic hydroxyl groups is 1. The molecule has 1 fully saturated rings. The molecule has 1 amide bonds. The number of amides is 1. The van der Waals surface area contributed by atoms with Gasteiger partial charge in [-0.05, 0) is 38.9 Å². The van der Waals surface area contributed by atoms with E-state index in [1.807, 2.05) is 6.92 Å². The van der Waals surface area contributed by atoms with E-state index in [0.29, 0.717) is 17.4 Å². The van der Waals surface area contributed by atoms with Crippen LogP contribution in [0.15, 0.2) is 9.90 Å². The summed E-state index contributed by atoms with van der Waals surface area (Å²) in [6.07, 6.45) is 3.39. The smallest absolute Gasteiger partial charge is 0.267 e. The van der Waals surface area contributed by atoms with Crippen LogP contribution in [-0.4, -0.2) is 54.4 Å². The monoisotopic (exact) mass is 429 g/mol. The lowest BCUT2D eigenvalue weighted by Gasteiger charge is -2.16. The molecule has 2 rings (SSSR count). The van der Waals surface area contributed by atoms with Crippen LogP contribution in [0, 0.1) is 4.77 Å². The molecule has 0 aliphatic carbocycles. The molecule has 0 atom stereocenters. The Bertz CT molecular complexity index is 856. The number of carbonyl (C=O) groups is 1. The van der Waals surface area contributed by atoms with Gasteiger partial charge in [-0.2, -0.15) is 5.10 Å². The molecule has 148 valence electrons. The number of rotatable bonds is 6. The van der Waals surface area contributed by atoms with Crippen molar-refractivity contribution in [2.45, 2.75) is 39.8 Å².